The third-order valence-electron chi connectivity index (χ3n) is 2.21. The van der Waals surface area contributed by atoms with Gasteiger partial charge in [0.25, 0.3) is 0 Å². The van der Waals surface area contributed by atoms with Crippen molar-refractivity contribution in [3.8, 4) is 6.07 Å². The SMILES string of the molecule is CCC(CC#N)NC1C=CS(=O)(=O)C1. The Bertz CT molecular complexity index is 353. The van der Waals surface area contributed by atoms with E-state index < -0.39 is 9.84 Å². The molecule has 0 bridgehead atoms. The Morgan fingerprint density at radius 2 is 2.43 bits per heavy atom. The van der Waals surface area contributed by atoms with Crippen LogP contribution in [0.5, 0.6) is 0 Å². The van der Waals surface area contributed by atoms with Gasteiger partial charge in [0, 0.05) is 17.5 Å². The van der Waals surface area contributed by atoms with Gasteiger partial charge in [-0.2, -0.15) is 5.26 Å². The third-order valence-corrected chi connectivity index (χ3v) is 3.61. The molecule has 1 rings (SSSR count). The summed E-state index contributed by atoms with van der Waals surface area (Å²) in [5, 5.41) is 12.9. The highest BCUT2D eigenvalue weighted by Gasteiger charge is 2.23. The number of nitrogens with one attached hydrogen (secondary N) is 1. The molecule has 1 aliphatic heterocycles. The number of rotatable bonds is 4. The summed E-state index contributed by atoms with van der Waals surface area (Å²) in [7, 11) is -2.99. The molecule has 0 saturated carbocycles. The lowest BCUT2D eigenvalue weighted by Gasteiger charge is -2.17. The number of hydrogen-bond donors (Lipinski definition) is 1. The van der Waals surface area contributed by atoms with Crippen LogP contribution in [0.15, 0.2) is 11.5 Å². The summed E-state index contributed by atoms with van der Waals surface area (Å²) in [6.07, 6.45) is 2.90. The van der Waals surface area contributed by atoms with E-state index in [2.05, 4.69) is 11.4 Å². The van der Waals surface area contributed by atoms with E-state index in [1.54, 1.807) is 6.08 Å². The largest absolute Gasteiger partial charge is 0.306 e. The first-order valence-corrected chi connectivity index (χ1v) is 6.33. The molecule has 2 unspecified atom stereocenters. The minimum absolute atomic E-state index is 0.0861. The average Bonchev–Trinajstić information content (AvgIpc) is 2.45. The maximum Gasteiger partial charge on any atom is 0.173 e. The zero-order valence-corrected chi connectivity index (χ0v) is 8.92. The van der Waals surface area contributed by atoms with Crippen molar-refractivity contribution < 1.29 is 8.42 Å². The van der Waals surface area contributed by atoms with Gasteiger partial charge < -0.3 is 5.32 Å². The van der Waals surface area contributed by atoms with E-state index in [1.807, 2.05) is 6.92 Å². The number of sulfone groups is 1. The highest BCUT2D eigenvalue weighted by Crippen LogP contribution is 2.10. The normalized spacial score (nSPS) is 25.9. The lowest BCUT2D eigenvalue weighted by Crippen LogP contribution is -2.38. The van der Waals surface area contributed by atoms with Crippen LogP contribution in [0, 0.1) is 11.3 Å². The Hall–Kier alpha value is -0.860. The molecule has 5 heteroatoms. The molecule has 0 aromatic heterocycles. The molecule has 1 N–H and O–H groups in total. The molecule has 14 heavy (non-hydrogen) atoms. The van der Waals surface area contributed by atoms with Crippen molar-refractivity contribution in [1.29, 1.82) is 5.26 Å². The molecule has 2 atom stereocenters. The van der Waals surface area contributed by atoms with Crippen LogP contribution in [0.2, 0.25) is 0 Å². The molecule has 1 heterocycles. The van der Waals surface area contributed by atoms with Crippen molar-refractivity contribution in [2.24, 2.45) is 0 Å². The van der Waals surface area contributed by atoms with Crippen LogP contribution in [0.4, 0.5) is 0 Å². The standard InChI is InChI=1S/C9H14N2O2S/c1-2-8(3-5-10)11-9-4-6-14(12,13)7-9/h4,6,8-9,11H,2-3,7H2,1H3. The third kappa shape index (κ3) is 3.13. The van der Waals surface area contributed by atoms with Gasteiger partial charge >= 0.3 is 0 Å². The Kier molecular flexibility index (Phi) is 3.67. The van der Waals surface area contributed by atoms with Gasteiger partial charge in [0.15, 0.2) is 9.84 Å². The fourth-order valence-electron chi connectivity index (χ4n) is 1.41. The van der Waals surface area contributed by atoms with E-state index in [9.17, 15) is 8.42 Å². The van der Waals surface area contributed by atoms with Gasteiger partial charge in [-0.15, -0.1) is 0 Å². The highest BCUT2D eigenvalue weighted by molar-refractivity contribution is 7.94. The van der Waals surface area contributed by atoms with Crippen LogP contribution in [-0.2, 0) is 9.84 Å². The van der Waals surface area contributed by atoms with Crippen molar-refractivity contribution in [3.63, 3.8) is 0 Å². The van der Waals surface area contributed by atoms with Gasteiger partial charge in [-0.3, -0.25) is 0 Å². The summed E-state index contributed by atoms with van der Waals surface area (Å²) in [6.45, 7) is 1.97. The lowest BCUT2D eigenvalue weighted by atomic mass is 10.1. The quantitative estimate of drug-likeness (QED) is 0.743. The smallest absolute Gasteiger partial charge is 0.173 e. The summed E-state index contributed by atoms with van der Waals surface area (Å²) in [5.74, 6) is 0.120. The highest BCUT2D eigenvalue weighted by atomic mass is 32.2. The summed E-state index contributed by atoms with van der Waals surface area (Å²) in [4.78, 5) is 0. The van der Waals surface area contributed by atoms with E-state index in [-0.39, 0.29) is 17.8 Å². The zero-order valence-electron chi connectivity index (χ0n) is 8.10. The van der Waals surface area contributed by atoms with Crippen LogP contribution < -0.4 is 5.32 Å². The van der Waals surface area contributed by atoms with Crippen LogP contribution in [-0.4, -0.2) is 26.3 Å². The van der Waals surface area contributed by atoms with Crippen LogP contribution in [0.25, 0.3) is 0 Å². The first-order chi connectivity index (χ1) is 6.57. The summed E-state index contributed by atoms with van der Waals surface area (Å²) >= 11 is 0. The lowest BCUT2D eigenvalue weighted by molar-refractivity contribution is 0.480. The van der Waals surface area contributed by atoms with Gasteiger partial charge in [-0.1, -0.05) is 13.0 Å². The van der Waals surface area contributed by atoms with Crippen molar-refractivity contribution >= 4 is 9.84 Å². The molecular weight excluding hydrogens is 200 g/mol. The molecule has 78 valence electrons. The van der Waals surface area contributed by atoms with E-state index in [0.29, 0.717) is 6.42 Å². The Morgan fingerprint density at radius 3 is 2.86 bits per heavy atom. The van der Waals surface area contributed by atoms with Gasteiger partial charge in [0.1, 0.15) is 0 Å². The maximum atomic E-state index is 11.1. The average molecular weight is 214 g/mol. The Labute approximate surface area is 84.5 Å². The van der Waals surface area contributed by atoms with Crippen LogP contribution >= 0.6 is 0 Å². The van der Waals surface area contributed by atoms with Gasteiger partial charge in [0.2, 0.25) is 0 Å². The molecule has 0 aromatic rings. The molecule has 0 radical (unpaired) electrons. The second kappa shape index (κ2) is 4.58. The fraction of sp³-hybridized carbons (Fsp3) is 0.667. The van der Waals surface area contributed by atoms with Crippen LogP contribution in [0.3, 0.4) is 0 Å². The molecule has 0 saturated heterocycles. The Balaban J connectivity index is 2.47. The topological polar surface area (TPSA) is 70.0 Å². The minimum Gasteiger partial charge on any atom is -0.306 e. The molecular formula is C9H14N2O2S. The molecule has 4 nitrogen and oxygen atoms in total. The second-order valence-corrected chi connectivity index (χ2v) is 5.33. The van der Waals surface area contributed by atoms with E-state index in [1.165, 1.54) is 5.41 Å². The minimum atomic E-state index is -2.99. The number of hydrogen-bond acceptors (Lipinski definition) is 4. The molecule has 0 amide bonds. The second-order valence-electron chi connectivity index (χ2n) is 3.40. The zero-order chi connectivity index (χ0) is 10.6. The summed E-state index contributed by atoms with van der Waals surface area (Å²) in [5.41, 5.74) is 0. The van der Waals surface area contributed by atoms with E-state index >= 15 is 0 Å². The van der Waals surface area contributed by atoms with Gasteiger partial charge in [0.05, 0.1) is 18.2 Å². The number of nitrogens with zero attached hydrogens (tertiary/aromatic N) is 1. The maximum absolute atomic E-state index is 11.1. The fourth-order valence-corrected chi connectivity index (χ4v) is 2.66. The molecule has 0 aromatic carbocycles. The molecule has 0 fully saturated rings. The van der Waals surface area contributed by atoms with Gasteiger partial charge in [-0.25, -0.2) is 8.42 Å². The van der Waals surface area contributed by atoms with Crippen molar-refractivity contribution in [3.05, 3.63) is 11.5 Å². The molecule has 0 spiro atoms. The van der Waals surface area contributed by atoms with Crippen molar-refractivity contribution in [1.82, 2.24) is 5.32 Å². The predicted octanol–water partition coefficient (Wildman–Crippen LogP) is 0.579. The summed E-state index contributed by atoms with van der Waals surface area (Å²) in [6, 6.07) is 2.04. The Morgan fingerprint density at radius 1 is 1.71 bits per heavy atom. The van der Waals surface area contributed by atoms with Crippen molar-refractivity contribution in [2.45, 2.75) is 31.8 Å². The summed E-state index contributed by atoms with van der Waals surface area (Å²) < 4.78 is 22.2. The van der Waals surface area contributed by atoms with Crippen LogP contribution in [0.1, 0.15) is 19.8 Å². The first kappa shape index (κ1) is 11.2. The van der Waals surface area contributed by atoms with E-state index in [0.717, 1.165) is 6.42 Å². The molecule has 0 aliphatic carbocycles. The first-order valence-electron chi connectivity index (χ1n) is 4.61. The molecule has 1 aliphatic rings. The predicted molar refractivity (Wildman–Crippen MR) is 54.2 cm³/mol. The van der Waals surface area contributed by atoms with E-state index in [4.69, 9.17) is 5.26 Å². The van der Waals surface area contributed by atoms with Crippen molar-refractivity contribution in [2.75, 3.05) is 5.75 Å². The monoisotopic (exact) mass is 214 g/mol. The van der Waals surface area contributed by atoms with Gasteiger partial charge in [-0.05, 0) is 6.42 Å². The number of nitriles is 1.